The second kappa shape index (κ2) is 10.6. The van der Waals surface area contributed by atoms with Gasteiger partial charge in [0.25, 0.3) is 0 Å². The highest BCUT2D eigenvalue weighted by atomic mass is 79.9. The van der Waals surface area contributed by atoms with Crippen LogP contribution < -0.4 is 14.8 Å². The Kier molecular flexibility index (Phi) is 9.19. The number of methoxy groups -OCH3 is 1. The predicted molar refractivity (Wildman–Crippen MR) is 105 cm³/mol. The van der Waals surface area contributed by atoms with Crippen LogP contribution in [-0.2, 0) is 13.2 Å². The van der Waals surface area contributed by atoms with Crippen LogP contribution in [0.1, 0.15) is 31.4 Å². The molecule has 0 radical (unpaired) electrons. The smallest absolute Gasteiger partial charge is 0.166 e. The molecule has 0 aliphatic heterocycles. The first-order valence-electron chi connectivity index (χ1n) is 7.90. The van der Waals surface area contributed by atoms with Crippen molar-refractivity contribution in [3.63, 3.8) is 0 Å². The molecule has 1 atom stereocenters. The van der Waals surface area contributed by atoms with Gasteiger partial charge < -0.3 is 14.8 Å². The van der Waals surface area contributed by atoms with Gasteiger partial charge in [-0.3, -0.25) is 0 Å². The molecule has 0 heterocycles. The van der Waals surface area contributed by atoms with E-state index in [-0.39, 0.29) is 12.4 Å². The van der Waals surface area contributed by atoms with E-state index < -0.39 is 0 Å². The van der Waals surface area contributed by atoms with E-state index in [2.05, 4.69) is 53.3 Å². The normalized spacial score (nSPS) is 11.5. The Bertz CT molecular complexity index is 622. The molecule has 0 fully saturated rings. The van der Waals surface area contributed by atoms with Gasteiger partial charge in [-0.25, -0.2) is 0 Å². The number of nitrogens with one attached hydrogen (secondary N) is 1. The summed E-state index contributed by atoms with van der Waals surface area (Å²) in [7, 11) is 1.67. The first kappa shape index (κ1) is 20.8. The number of halogens is 2. The number of benzene rings is 2. The van der Waals surface area contributed by atoms with Crippen LogP contribution in [-0.4, -0.2) is 13.2 Å². The Hall–Kier alpha value is -1.23. The third kappa shape index (κ3) is 6.00. The molecule has 0 bridgehead atoms. The largest absolute Gasteiger partial charge is 0.493 e. The molecule has 5 heteroatoms. The zero-order valence-electron chi connectivity index (χ0n) is 14.3. The van der Waals surface area contributed by atoms with Crippen molar-refractivity contribution in [3.8, 4) is 11.5 Å². The molecular weight excluding hydrogens is 390 g/mol. The van der Waals surface area contributed by atoms with E-state index in [1.165, 1.54) is 0 Å². The highest BCUT2D eigenvalue weighted by molar-refractivity contribution is 9.10. The van der Waals surface area contributed by atoms with Crippen LogP contribution in [0.2, 0.25) is 0 Å². The van der Waals surface area contributed by atoms with E-state index in [9.17, 15) is 0 Å². The molecule has 24 heavy (non-hydrogen) atoms. The highest BCUT2D eigenvalue weighted by Crippen LogP contribution is 2.35. The zero-order valence-corrected chi connectivity index (χ0v) is 16.7. The van der Waals surface area contributed by atoms with Crippen molar-refractivity contribution >= 4 is 28.3 Å². The lowest BCUT2D eigenvalue weighted by Crippen LogP contribution is -2.24. The van der Waals surface area contributed by atoms with E-state index in [0.717, 1.165) is 40.1 Å². The summed E-state index contributed by atoms with van der Waals surface area (Å²) in [6, 6.07) is 14.6. The predicted octanol–water partition coefficient (Wildman–Crippen LogP) is 5.35. The molecule has 0 aliphatic rings. The summed E-state index contributed by atoms with van der Waals surface area (Å²) in [4.78, 5) is 0. The lowest BCUT2D eigenvalue weighted by molar-refractivity contribution is 0.280. The lowest BCUT2D eigenvalue weighted by atomic mass is 10.1. The lowest BCUT2D eigenvalue weighted by Gasteiger charge is -2.18. The second-order valence-electron chi connectivity index (χ2n) is 5.56. The Morgan fingerprint density at radius 2 is 1.88 bits per heavy atom. The van der Waals surface area contributed by atoms with Crippen molar-refractivity contribution in [2.24, 2.45) is 0 Å². The maximum absolute atomic E-state index is 6.08. The monoisotopic (exact) mass is 413 g/mol. The van der Waals surface area contributed by atoms with Crippen molar-refractivity contribution in [1.29, 1.82) is 0 Å². The zero-order chi connectivity index (χ0) is 16.7. The van der Waals surface area contributed by atoms with Crippen LogP contribution in [0.25, 0.3) is 0 Å². The standard InChI is InChI=1S/C19H24BrNO2.ClH/c1-4-14(2)21-12-16-10-17(20)11-18(22-3)19(16)23-13-15-8-6-5-7-9-15;/h5-11,14,21H,4,12-13H2,1-3H3;1H. The van der Waals surface area contributed by atoms with Gasteiger partial charge in [0.2, 0.25) is 0 Å². The second-order valence-corrected chi connectivity index (χ2v) is 6.48. The van der Waals surface area contributed by atoms with Crippen molar-refractivity contribution in [3.05, 3.63) is 58.1 Å². The molecule has 1 unspecified atom stereocenters. The van der Waals surface area contributed by atoms with E-state index in [1.54, 1.807) is 7.11 Å². The molecular formula is C19H25BrClNO2. The van der Waals surface area contributed by atoms with Crippen molar-refractivity contribution in [2.75, 3.05) is 7.11 Å². The molecule has 132 valence electrons. The SMILES string of the molecule is CCC(C)NCc1cc(Br)cc(OC)c1OCc1ccccc1.Cl. The molecule has 0 saturated heterocycles. The van der Waals surface area contributed by atoms with Gasteiger partial charge in [-0.1, -0.05) is 53.2 Å². The van der Waals surface area contributed by atoms with Crippen LogP contribution in [0.5, 0.6) is 11.5 Å². The number of rotatable bonds is 8. The maximum atomic E-state index is 6.08. The van der Waals surface area contributed by atoms with Crippen LogP contribution in [0, 0.1) is 0 Å². The average Bonchev–Trinajstić information content (AvgIpc) is 2.58. The van der Waals surface area contributed by atoms with Gasteiger partial charge in [0.1, 0.15) is 6.61 Å². The van der Waals surface area contributed by atoms with E-state index >= 15 is 0 Å². The Morgan fingerprint density at radius 1 is 1.17 bits per heavy atom. The Balaban J connectivity index is 0.00000288. The van der Waals surface area contributed by atoms with Crippen LogP contribution in [0.3, 0.4) is 0 Å². The highest BCUT2D eigenvalue weighted by Gasteiger charge is 2.13. The minimum atomic E-state index is 0. The third-order valence-corrected chi connectivity index (χ3v) is 4.25. The van der Waals surface area contributed by atoms with Gasteiger partial charge in [0, 0.05) is 22.6 Å². The topological polar surface area (TPSA) is 30.5 Å². The van der Waals surface area contributed by atoms with E-state index in [4.69, 9.17) is 9.47 Å². The first-order chi connectivity index (χ1) is 11.1. The summed E-state index contributed by atoms with van der Waals surface area (Å²) in [5.41, 5.74) is 2.23. The molecule has 3 nitrogen and oxygen atoms in total. The molecule has 0 spiro atoms. The molecule has 0 saturated carbocycles. The van der Waals surface area contributed by atoms with E-state index in [1.807, 2.05) is 24.3 Å². The minimum Gasteiger partial charge on any atom is -0.493 e. The summed E-state index contributed by atoms with van der Waals surface area (Å²) in [6.45, 7) is 5.62. The summed E-state index contributed by atoms with van der Waals surface area (Å²) in [5.74, 6) is 1.55. The summed E-state index contributed by atoms with van der Waals surface area (Å²) in [6.07, 6.45) is 1.09. The van der Waals surface area contributed by atoms with Gasteiger partial charge in [-0.15, -0.1) is 12.4 Å². The van der Waals surface area contributed by atoms with Gasteiger partial charge in [-0.05, 0) is 31.0 Å². The third-order valence-electron chi connectivity index (χ3n) is 3.80. The summed E-state index contributed by atoms with van der Waals surface area (Å²) >= 11 is 3.54. The van der Waals surface area contributed by atoms with Crippen LogP contribution in [0.15, 0.2) is 46.9 Å². The Labute approximate surface area is 159 Å². The first-order valence-corrected chi connectivity index (χ1v) is 8.69. The molecule has 0 amide bonds. The van der Waals surface area contributed by atoms with Crippen molar-refractivity contribution < 1.29 is 9.47 Å². The molecule has 2 aromatic rings. The number of hydrogen-bond donors (Lipinski definition) is 1. The van der Waals surface area contributed by atoms with Gasteiger partial charge in [-0.2, -0.15) is 0 Å². The molecule has 2 aromatic carbocycles. The molecule has 1 N–H and O–H groups in total. The van der Waals surface area contributed by atoms with E-state index in [0.29, 0.717) is 12.6 Å². The fourth-order valence-electron chi connectivity index (χ4n) is 2.23. The van der Waals surface area contributed by atoms with Gasteiger partial charge in [0.15, 0.2) is 11.5 Å². The average molecular weight is 415 g/mol. The summed E-state index contributed by atoms with van der Waals surface area (Å²) < 4.78 is 12.6. The molecule has 0 aromatic heterocycles. The van der Waals surface area contributed by atoms with Crippen molar-refractivity contribution in [1.82, 2.24) is 5.32 Å². The molecule has 2 rings (SSSR count). The van der Waals surface area contributed by atoms with Crippen LogP contribution >= 0.6 is 28.3 Å². The number of hydrogen-bond acceptors (Lipinski definition) is 3. The summed E-state index contributed by atoms with van der Waals surface area (Å²) in [5, 5.41) is 3.51. The fourth-order valence-corrected chi connectivity index (χ4v) is 2.71. The fraction of sp³-hybridized carbons (Fsp3) is 0.368. The van der Waals surface area contributed by atoms with Gasteiger partial charge in [0.05, 0.1) is 7.11 Å². The number of ether oxygens (including phenoxy) is 2. The quantitative estimate of drug-likeness (QED) is 0.632. The van der Waals surface area contributed by atoms with Crippen molar-refractivity contribution in [2.45, 2.75) is 39.5 Å². The van der Waals surface area contributed by atoms with Gasteiger partial charge >= 0.3 is 0 Å². The minimum absolute atomic E-state index is 0. The molecule has 0 aliphatic carbocycles. The maximum Gasteiger partial charge on any atom is 0.166 e. The Morgan fingerprint density at radius 3 is 2.50 bits per heavy atom. The van der Waals surface area contributed by atoms with Crippen LogP contribution in [0.4, 0.5) is 0 Å².